The predicted molar refractivity (Wildman–Crippen MR) is 238 cm³/mol. The number of hydrogen-bond acceptors (Lipinski definition) is 11. The molecule has 0 atom stereocenters. The van der Waals surface area contributed by atoms with E-state index in [1.165, 1.54) is 94.5 Å². The SMILES string of the molecule is COC(=O)N1CCN(C(=O)/C=C/c2ccc(Sc3ccc(/C=C/C(=O)N4CCN(C(=O)OC)CC4)c(-c4ccc5c(c4)CCOO5)c3C(F)(F)F)c(C(F)(F)F)c2-c2ccc3c(c2)CCOO3)CC1. The number of methoxy groups -OCH3 is 2. The van der Waals surface area contributed by atoms with E-state index in [1.54, 1.807) is 0 Å². The highest BCUT2D eigenvalue weighted by Gasteiger charge is 2.42. The predicted octanol–water partition coefficient (Wildman–Crippen LogP) is 8.79. The van der Waals surface area contributed by atoms with Crippen molar-refractivity contribution < 1.29 is 74.5 Å². The fourth-order valence-electron chi connectivity index (χ4n) is 8.50. The molecule has 4 amide bonds. The summed E-state index contributed by atoms with van der Waals surface area (Å²) in [7, 11) is 2.47. The van der Waals surface area contributed by atoms with E-state index in [9.17, 15) is 19.2 Å². The quantitative estimate of drug-likeness (QED) is 0.0952. The molecule has 0 N–H and O–H groups in total. The second-order valence-corrected chi connectivity index (χ2v) is 17.2. The third kappa shape index (κ3) is 10.8. The van der Waals surface area contributed by atoms with Gasteiger partial charge in [0.2, 0.25) is 11.8 Å². The summed E-state index contributed by atoms with van der Waals surface area (Å²) in [5.41, 5.74) is -2.20. The molecule has 4 aromatic carbocycles. The van der Waals surface area contributed by atoms with Crippen LogP contribution in [0.15, 0.2) is 82.6 Å². The van der Waals surface area contributed by atoms with E-state index in [4.69, 9.17) is 29.0 Å². The summed E-state index contributed by atoms with van der Waals surface area (Å²) in [5, 5.41) is 0. The molecule has 0 saturated carbocycles. The Labute approximate surface area is 395 Å². The lowest BCUT2D eigenvalue weighted by atomic mass is 9.91. The van der Waals surface area contributed by atoms with Crippen LogP contribution in [0.3, 0.4) is 0 Å². The summed E-state index contributed by atoms with van der Waals surface area (Å²) in [4.78, 5) is 76.0. The van der Waals surface area contributed by atoms with Gasteiger partial charge in [-0.3, -0.25) is 9.59 Å². The van der Waals surface area contributed by atoms with E-state index in [-0.39, 0.29) is 124 Å². The van der Waals surface area contributed by atoms with Gasteiger partial charge in [0.15, 0.2) is 11.5 Å². The van der Waals surface area contributed by atoms with E-state index >= 15 is 26.3 Å². The van der Waals surface area contributed by atoms with Crippen molar-refractivity contribution in [3.63, 3.8) is 0 Å². The van der Waals surface area contributed by atoms with E-state index in [2.05, 4.69) is 0 Å². The highest BCUT2D eigenvalue weighted by Crippen LogP contribution is 2.52. The fourth-order valence-corrected chi connectivity index (χ4v) is 9.65. The molecule has 21 heteroatoms. The molecule has 0 aromatic heterocycles. The Morgan fingerprint density at radius 1 is 0.551 bits per heavy atom. The van der Waals surface area contributed by atoms with E-state index < -0.39 is 68.4 Å². The number of hydrogen-bond donors (Lipinski definition) is 0. The standard InChI is InChI=1S/C48H44F6N4O10S/c1-63-45(61)57-21-17-55(18-22-57)39(59)13-7-29-5-11-37(43(47(49,50)51)41(29)33-3-9-35-31(27-33)15-25-65-67-35)69-38-12-6-30(8-14-40(60)56-19-23-58(24-20-56)46(62)64-2)42(44(38)48(52,53)54)34-4-10-36-32(28-34)16-26-66-68-36/h3-14,27-28H,15-26H2,1-2H3/b13-7+,14-8+. The summed E-state index contributed by atoms with van der Waals surface area (Å²) < 4.78 is 105. The van der Waals surface area contributed by atoms with Crippen LogP contribution in [0.5, 0.6) is 11.5 Å². The average molecular weight is 983 g/mol. The molecule has 69 heavy (non-hydrogen) atoms. The molecule has 4 aliphatic heterocycles. The fraction of sp³-hybridized carbons (Fsp3) is 0.333. The number of carbonyl (C=O) groups is 4. The van der Waals surface area contributed by atoms with Crippen LogP contribution < -0.4 is 9.78 Å². The molecule has 364 valence electrons. The number of piperazine rings is 2. The number of carbonyl (C=O) groups excluding carboxylic acids is 4. The van der Waals surface area contributed by atoms with Gasteiger partial charge in [-0.25, -0.2) is 9.59 Å². The summed E-state index contributed by atoms with van der Waals surface area (Å²) in [6.07, 6.45) is -6.13. The number of amides is 4. The maximum Gasteiger partial charge on any atom is 0.418 e. The highest BCUT2D eigenvalue weighted by atomic mass is 32.2. The molecule has 0 bridgehead atoms. The van der Waals surface area contributed by atoms with E-state index in [0.29, 0.717) is 11.1 Å². The van der Waals surface area contributed by atoms with Gasteiger partial charge in [-0.15, -0.1) is 0 Å². The van der Waals surface area contributed by atoms with Crippen molar-refractivity contribution in [3.8, 4) is 33.8 Å². The lowest BCUT2D eigenvalue weighted by Gasteiger charge is -2.33. The van der Waals surface area contributed by atoms with Crippen molar-refractivity contribution in [1.82, 2.24) is 19.6 Å². The largest absolute Gasteiger partial charge is 0.453 e. The number of fused-ring (bicyclic) bond motifs is 2. The number of ether oxygens (including phenoxy) is 2. The molecule has 2 fully saturated rings. The number of benzene rings is 4. The normalized spacial score (nSPS) is 16.5. The summed E-state index contributed by atoms with van der Waals surface area (Å²) in [5.74, 6) is -0.505. The average Bonchev–Trinajstić information content (AvgIpc) is 3.35. The van der Waals surface area contributed by atoms with Crippen LogP contribution in [-0.2, 0) is 54.0 Å². The molecule has 4 heterocycles. The minimum atomic E-state index is -5.15. The van der Waals surface area contributed by atoms with Gasteiger partial charge >= 0.3 is 24.5 Å². The topological polar surface area (TPSA) is 137 Å². The molecule has 4 aromatic rings. The number of alkyl halides is 6. The molecule has 0 aliphatic carbocycles. The lowest BCUT2D eigenvalue weighted by molar-refractivity contribution is -0.215. The first-order valence-electron chi connectivity index (χ1n) is 21.7. The monoisotopic (exact) mass is 982 g/mol. The van der Waals surface area contributed by atoms with Crippen LogP contribution in [0.1, 0.15) is 33.4 Å². The van der Waals surface area contributed by atoms with Gasteiger partial charge in [-0.05, 0) is 70.8 Å². The van der Waals surface area contributed by atoms with Crippen molar-refractivity contribution in [2.24, 2.45) is 0 Å². The molecular weight excluding hydrogens is 939 g/mol. The molecule has 14 nitrogen and oxygen atoms in total. The van der Waals surface area contributed by atoms with Crippen molar-refractivity contribution >= 4 is 47.9 Å². The first-order chi connectivity index (χ1) is 33.0. The molecule has 2 saturated heterocycles. The number of nitrogens with zero attached hydrogens (tertiary/aromatic N) is 4. The Morgan fingerprint density at radius 2 is 0.928 bits per heavy atom. The Balaban J connectivity index is 1.23. The van der Waals surface area contributed by atoms with Gasteiger partial charge in [0.1, 0.15) is 0 Å². The van der Waals surface area contributed by atoms with Crippen LogP contribution in [0, 0.1) is 0 Å². The first-order valence-corrected chi connectivity index (χ1v) is 22.5. The first kappa shape index (κ1) is 48.7. The summed E-state index contributed by atoms with van der Waals surface area (Å²) in [6.45, 7) is 1.48. The molecule has 4 aliphatic rings. The van der Waals surface area contributed by atoms with Crippen LogP contribution in [0.4, 0.5) is 35.9 Å². The van der Waals surface area contributed by atoms with Gasteiger partial charge in [0, 0.05) is 109 Å². The van der Waals surface area contributed by atoms with Crippen molar-refractivity contribution in [1.29, 1.82) is 0 Å². The minimum absolute atomic E-state index is 0.0463. The van der Waals surface area contributed by atoms with Gasteiger partial charge in [-0.2, -0.15) is 36.1 Å². The van der Waals surface area contributed by atoms with Gasteiger partial charge in [0.05, 0.1) is 38.6 Å². The third-order valence-electron chi connectivity index (χ3n) is 12.0. The van der Waals surface area contributed by atoms with Crippen molar-refractivity contribution in [2.45, 2.75) is 35.0 Å². The van der Waals surface area contributed by atoms with Crippen LogP contribution in [-0.4, -0.2) is 123 Å². The maximum absolute atomic E-state index is 15.8. The molecule has 8 rings (SSSR count). The molecule has 0 spiro atoms. The van der Waals surface area contributed by atoms with Crippen molar-refractivity contribution in [2.75, 3.05) is 79.8 Å². The molecular formula is C48H44F6N4O10S. The van der Waals surface area contributed by atoms with Gasteiger partial charge in [-0.1, -0.05) is 36.0 Å². The lowest BCUT2D eigenvalue weighted by Crippen LogP contribution is -2.50. The smallest absolute Gasteiger partial charge is 0.418 e. The Kier molecular flexibility index (Phi) is 14.5. The van der Waals surface area contributed by atoms with Crippen LogP contribution >= 0.6 is 11.8 Å². The Bertz CT molecular complexity index is 2510. The van der Waals surface area contributed by atoms with Crippen LogP contribution in [0.2, 0.25) is 0 Å². The zero-order valence-electron chi connectivity index (χ0n) is 37.1. The van der Waals surface area contributed by atoms with Crippen LogP contribution in [0.25, 0.3) is 34.4 Å². The Morgan fingerprint density at radius 3 is 1.29 bits per heavy atom. The Hall–Kier alpha value is -6.71. The zero-order chi connectivity index (χ0) is 49.0. The summed E-state index contributed by atoms with van der Waals surface area (Å²) in [6, 6.07) is 13.4. The van der Waals surface area contributed by atoms with Gasteiger partial charge < -0.3 is 38.8 Å². The zero-order valence-corrected chi connectivity index (χ0v) is 37.9. The van der Waals surface area contributed by atoms with E-state index in [1.807, 2.05) is 0 Å². The molecule has 0 unspecified atom stereocenters. The summed E-state index contributed by atoms with van der Waals surface area (Å²) >= 11 is 0.277. The van der Waals surface area contributed by atoms with E-state index in [0.717, 1.165) is 24.3 Å². The highest BCUT2D eigenvalue weighted by molar-refractivity contribution is 7.99. The molecule has 0 radical (unpaired) electrons. The number of halogens is 6. The van der Waals surface area contributed by atoms with Gasteiger partial charge in [0.25, 0.3) is 0 Å². The van der Waals surface area contributed by atoms with Crippen molar-refractivity contribution in [3.05, 3.63) is 106 Å². The number of rotatable bonds is 8. The second kappa shape index (κ2) is 20.5. The second-order valence-electron chi connectivity index (χ2n) is 16.1. The minimum Gasteiger partial charge on any atom is -0.453 e. The third-order valence-corrected chi connectivity index (χ3v) is 13.1. The maximum atomic E-state index is 15.8.